The van der Waals surface area contributed by atoms with E-state index in [1.165, 1.54) is 23.5 Å². The van der Waals surface area contributed by atoms with Crippen LogP contribution in [0.1, 0.15) is 26.7 Å². The van der Waals surface area contributed by atoms with Crippen molar-refractivity contribution in [1.82, 2.24) is 14.9 Å². The number of rotatable bonds is 7. The molecule has 2 N–H and O–H groups in total. The molecule has 0 aromatic heterocycles. The topological polar surface area (TPSA) is 105 Å². The molecule has 1 aliphatic heterocycles. The van der Waals surface area contributed by atoms with Crippen molar-refractivity contribution in [3.05, 3.63) is 24.3 Å². The molecule has 0 spiro atoms. The first-order valence-corrected chi connectivity index (χ1v) is 10.4. The first kappa shape index (κ1) is 21.2. The second kappa shape index (κ2) is 9.18. The third-order valence-electron chi connectivity index (χ3n) is 4.36. The van der Waals surface area contributed by atoms with E-state index in [-0.39, 0.29) is 23.4 Å². The molecule has 9 heteroatoms. The molecule has 0 unspecified atom stereocenters. The van der Waals surface area contributed by atoms with Gasteiger partial charge in [-0.2, -0.15) is 4.31 Å². The lowest BCUT2D eigenvalue weighted by Crippen LogP contribution is -2.47. The summed E-state index contributed by atoms with van der Waals surface area (Å²) in [6, 6.07) is 5.82. The van der Waals surface area contributed by atoms with Crippen LogP contribution < -0.4 is 15.4 Å². The van der Waals surface area contributed by atoms with Crippen LogP contribution in [0.3, 0.4) is 0 Å². The number of nitrogens with one attached hydrogen (secondary N) is 2. The summed E-state index contributed by atoms with van der Waals surface area (Å²) in [5.74, 6) is -0.635. The molecular formula is C18H27N3O5S. The zero-order valence-corrected chi connectivity index (χ0v) is 16.7. The van der Waals surface area contributed by atoms with Crippen molar-refractivity contribution in [1.29, 1.82) is 0 Å². The van der Waals surface area contributed by atoms with Crippen LogP contribution >= 0.6 is 0 Å². The summed E-state index contributed by atoms with van der Waals surface area (Å²) in [6.07, 6.45) is 1.33. The van der Waals surface area contributed by atoms with Crippen molar-refractivity contribution in [2.45, 2.75) is 37.6 Å². The number of hydrogen-bond donors (Lipinski definition) is 2. The van der Waals surface area contributed by atoms with E-state index in [4.69, 9.17) is 4.74 Å². The molecule has 1 atom stereocenters. The van der Waals surface area contributed by atoms with Gasteiger partial charge in [0.15, 0.2) is 0 Å². The molecule has 27 heavy (non-hydrogen) atoms. The maximum atomic E-state index is 12.9. The smallest absolute Gasteiger partial charge is 0.309 e. The molecule has 2 amide bonds. The molecular weight excluding hydrogens is 370 g/mol. The zero-order valence-electron chi connectivity index (χ0n) is 15.9. The van der Waals surface area contributed by atoms with Crippen LogP contribution in [0.25, 0.3) is 0 Å². The van der Waals surface area contributed by atoms with Gasteiger partial charge < -0.3 is 15.4 Å². The van der Waals surface area contributed by atoms with E-state index in [9.17, 15) is 18.0 Å². The quantitative estimate of drug-likeness (QED) is 0.660. The summed E-state index contributed by atoms with van der Waals surface area (Å²) in [4.78, 5) is 23.8. The summed E-state index contributed by atoms with van der Waals surface area (Å²) in [5, 5.41) is 5.08. The molecule has 2 rings (SSSR count). The summed E-state index contributed by atoms with van der Waals surface area (Å²) in [5.41, 5.74) is 0. The second-order valence-corrected chi connectivity index (χ2v) is 8.79. The molecule has 1 heterocycles. The highest BCUT2D eigenvalue weighted by molar-refractivity contribution is 7.89. The van der Waals surface area contributed by atoms with Crippen LogP contribution in [-0.4, -0.2) is 57.3 Å². The fourth-order valence-electron chi connectivity index (χ4n) is 2.88. The molecule has 0 aliphatic carbocycles. The van der Waals surface area contributed by atoms with Crippen molar-refractivity contribution < 1.29 is 22.7 Å². The van der Waals surface area contributed by atoms with E-state index < -0.39 is 21.8 Å². The van der Waals surface area contributed by atoms with Crippen molar-refractivity contribution in [3.8, 4) is 5.75 Å². The molecule has 1 aliphatic rings. The number of carbonyl (C=O) groups excluding carboxylic acids is 2. The third-order valence-corrected chi connectivity index (χ3v) is 6.33. The Kier molecular flexibility index (Phi) is 7.20. The largest absolute Gasteiger partial charge is 0.497 e. The van der Waals surface area contributed by atoms with Gasteiger partial charge in [0.2, 0.25) is 10.0 Å². The van der Waals surface area contributed by atoms with Gasteiger partial charge in [0.1, 0.15) is 5.75 Å². The zero-order chi connectivity index (χ0) is 20.0. The van der Waals surface area contributed by atoms with E-state index in [1.54, 1.807) is 12.1 Å². The van der Waals surface area contributed by atoms with Crippen LogP contribution in [0.2, 0.25) is 0 Å². The lowest BCUT2D eigenvalue weighted by atomic mass is 10.2. The third kappa shape index (κ3) is 5.43. The minimum atomic E-state index is -3.68. The lowest BCUT2D eigenvalue weighted by molar-refractivity contribution is -0.139. The minimum Gasteiger partial charge on any atom is -0.497 e. The summed E-state index contributed by atoms with van der Waals surface area (Å²) >= 11 is 0. The second-order valence-electron chi connectivity index (χ2n) is 6.90. The van der Waals surface area contributed by atoms with Crippen molar-refractivity contribution in [2.24, 2.45) is 5.92 Å². The van der Waals surface area contributed by atoms with E-state index in [1.807, 2.05) is 13.8 Å². The Hall–Kier alpha value is -2.13. The van der Waals surface area contributed by atoms with Crippen LogP contribution in [0, 0.1) is 5.92 Å². The summed E-state index contributed by atoms with van der Waals surface area (Å²) in [6.45, 7) is 4.75. The summed E-state index contributed by atoms with van der Waals surface area (Å²) < 4.78 is 32.2. The highest BCUT2D eigenvalue weighted by atomic mass is 32.2. The highest BCUT2D eigenvalue weighted by Gasteiger charge is 2.35. The minimum absolute atomic E-state index is 0.101. The van der Waals surface area contributed by atoms with Crippen molar-refractivity contribution >= 4 is 21.8 Å². The molecule has 1 aromatic carbocycles. The molecule has 1 saturated heterocycles. The van der Waals surface area contributed by atoms with Gasteiger partial charge in [0, 0.05) is 25.7 Å². The van der Waals surface area contributed by atoms with E-state index in [0.29, 0.717) is 31.7 Å². The molecule has 1 fully saturated rings. The predicted octanol–water partition coefficient (Wildman–Crippen LogP) is 0.737. The van der Waals surface area contributed by atoms with E-state index in [0.717, 1.165) is 0 Å². The first-order chi connectivity index (χ1) is 12.8. The predicted molar refractivity (Wildman–Crippen MR) is 101 cm³/mol. The number of hydrogen-bond acceptors (Lipinski definition) is 5. The Morgan fingerprint density at radius 3 is 2.41 bits per heavy atom. The number of nitrogens with zero attached hydrogens (tertiary/aromatic N) is 1. The van der Waals surface area contributed by atoms with Gasteiger partial charge in [-0.05, 0) is 43.0 Å². The van der Waals surface area contributed by atoms with Crippen LogP contribution in [0.4, 0.5) is 0 Å². The van der Waals surface area contributed by atoms with Gasteiger partial charge in [-0.3, -0.25) is 9.59 Å². The van der Waals surface area contributed by atoms with E-state index >= 15 is 0 Å². The fraction of sp³-hybridized carbons (Fsp3) is 0.556. The van der Waals surface area contributed by atoms with Gasteiger partial charge in [-0.1, -0.05) is 13.8 Å². The van der Waals surface area contributed by atoms with Crippen molar-refractivity contribution in [3.63, 3.8) is 0 Å². The fourth-order valence-corrected chi connectivity index (χ4v) is 4.57. The maximum absolute atomic E-state index is 12.9. The number of benzene rings is 1. The Morgan fingerprint density at radius 2 is 1.81 bits per heavy atom. The Bertz CT molecular complexity index is 762. The first-order valence-electron chi connectivity index (χ1n) is 8.97. The lowest BCUT2D eigenvalue weighted by Gasteiger charge is -2.24. The standard InChI is InChI=1S/C18H27N3O5S/c1-13(2)11-19-17(22)18(23)20-12-14-5-4-10-21(14)27(24,25)16-8-6-15(26-3)7-9-16/h6-9,13-14H,4-5,10-12H2,1-3H3,(H,19,22)(H,20,23)/t14-/m1/s1. The molecule has 150 valence electrons. The monoisotopic (exact) mass is 397 g/mol. The number of carbonyl (C=O) groups is 2. The number of methoxy groups -OCH3 is 1. The van der Waals surface area contributed by atoms with Gasteiger partial charge in [-0.25, -0.2) is 8.42 Å². The molecule has 8 nitrogen and oxygen atoms in total. The Labute approximate surface area is 160 Å². The van der Waals surface area contributed by atoms with Gasteiger partial charge in [-0.15, -0.1) is 0 Å². The SMILES string of the molecule is COc1ccc(S(=O)(=O)N2CCC[C@@H]2CNC(=O)C(=O)NCC(C)C)cc1. The van der Waals surface area contributed by atoms with Crippen LogP contribution in [0.15, 0.2) is 29.2 Å². The normalized spacial score (nSPS) is 17.7. The van der Waals surface area contributed by atoms with Gasteiger partial charge in [0.25, 0.3) is 0 Å². The number of ether oxygens (including phenoxy) is 1. The number of sulfonamides is 1. The van der Waals surface area contributed by atoms with Gasteiger partial charge in [0.05, 0.1) is 12.0 Å². The molecule has 0 saturated carbocycles. The molecule has 0 radical (unpaired) electrons. The highest BCUT2D eigenvalue weighted by Crippen LogP contribution is 2.26. The van der Waals surface area contributed by atoms with Gasteiger partial charge >= 0.3 is 11.8 Å². The van der Waals surface area contributed by atoms with E-state index in [2.05, 4.69) is 10.6 Å². The van der Waals surface area contributed by atoms with Crippen molar-refractivity contribution in [2.75, 3.05) is 26.7 Å². The average molecular weight is 397 g/mol. The van der Waals surface area contributed by atoms with Crippen LogP contribution in [-0.2, 0) is 19.6 Å². The van der Waals surface area contributed by atoms with Crippen LogP contribution in [0.5, 0.6) is 5.75 Å². The molecule has 1 aromatic rings. The maximum Gasteiger partial charge on any atom is 0.309 e. The molecule has 0 bridgehead atoms. The Morgan fingerprint density at radius 1 is 1.19 bits per heavy atom. The summed E-state index contributed by atoms with van der Waals surface area (Å²) in [7, 11) is -2.16. The Balaban J connectivity index is 1.99. The number of amides is 2. The average Bonchev–Trinajstić information content (AvgIpc) is 3.13.